The molecule has 1 unspecified atom stereocenters. The molecule has 0 aromatic rings. The molecular weight excluding hydrogens is 124 g/mol. The Morgan fingerprint density at radius 2 is 2.12 bits per heavy atom. The van der Waals surface area contributed by atoms with Crippen molar-refractivity contribution in [3.05, 3.63) is 23.8 Å². The van der Waals surface area contributed by atoms with E-state index in [9.17, 15) is 0 Å². The van der Waals surface area contributed by atoms with Crippen molar-refractivity contribution in [1.29, 1.82) is 0 Å². The fraction of sp³-hybridized carbons (Fsp3) is 0.333. The first-order valence-corrected chi connectivity index (χ1v) is 2.82. The fourth-order valence-electron chi connectivity index (χ4n) is 0.267. The molecular formula is C6H9ClO. The zero-order chi connectivity index (χ0) is 6.41. The Balaban J connectivity index is 3.34. The molecule has 0 radical (unpaired) electrons. The summed E-state index contributed by atoms with van der Waals surface area (Å²) in [5.41, 5.74) is 1.39. The summed E-state index contributed by atoms with van der Waals surface area (Å²) in [7, 11) is 0. The number of aliphatic hydroxyl groups is 1. The van der Waals surface area contributed by atoms with Crippen LogP contribution in [0.5, 0.6) is 0 Å². The highest BCUT2D eigenvalue weighted by Crippen LogP contribution is 1.84. The summed E-state index contributed by atoms with van der Waals surface area (Å²) < 4.78 is 0. The molecule has 0 amide bonds. The average Bonchev–Trinajstić information content (AvgIpc) is 1.66. The molecule has 0 heterocycles. The first kappa shape index (κ1) is 7.73. The number of rotatable bonds is 2. The van der Waals surface area contributed by atoms with E-state index in [0.717, 1.165) is 0 Å². The minimum atomic E-state index is -0.386. The van der Waals surface area contributed by atoms with E-state index in [-0.39, 0.29) is 6.10 Å². The number of halogens is 1. The van der Waals surface area contributed by atoms with Gasteiger partial charge in [-0.15, -0.1) is 0 Å². The summed E-state index contributed by atoms with van der Waals surface area (Å²) in [6, 6.07) is 0. The molecule has 46 valence electrons. The third-order valence-corrected chi connectivity index (χ3v) is 0.719. The molecule has 8 heavy (non-hydrogen) atoms. The van der Waals surface area contributed by atoms with Gasteiger partial charge in [-0.1, -0.05) is 29.8 Å². The van der Waals surface area contributed by atoms with Crippen molar-refractivity contribution < 1.29 is 5.11 Å². The molecule has 0 rings (SSSR count). The summed E-state index contributed by atoms with van der Waals surface area (Å²) in [6.07, 6.45) is 4.59. The highest BCUT2D eigenvalue weighted by Gasteiger charge is 1.79. The van der Waals surface area contributed by atoms with E-state index in [0.29, 0.717) is 0 Å². The Hall–Kier alpha value is -0.270. The van der Waals surface area contributed by atoms with E-state index in [4.69, 9.17) is 16.7 Å². The molecule has 0 aliphatic heterocycles. The smallest absolute Gasteiger partial charge is 0.0695 e. The summed E-state index contributed by atoms with van der Waals surface area (Å²) in [6.45, 7) is 1.68. The van der Waals surface area contributed by atoms with Gasteiger partial charge in [0.2, 0.25) is 0 Å². The molecule has 0 aromatic carbocycles. The van der Waals surface area contributed by atoms with Gasteiger partial charge >= 0.3 is 0 Å². The zero-order valence-corrected chi connectivity index (χ0v) is 5.47. The van der Waals surface area contributed by atoms with Crippen LogP contribution in [0, 0.1) is 0 Å². The Kier molecular flexibility index (Phi) is 4.71. The monoisotopic (exact) mass is 132 g/mol. The van der Waals surface area contributed by atoms with Gasteiger partial charge in [0.1, 0.15) is 0 Å². The number of allylic oxidation sites excluding steroid dienone is 2. The Morgan fingerprint density at radius 1 is 1.50 bits per heavy atom. The lowest BCUT2D eigenvalue weighted by Gasteiger charge is -1.87. The van der Waals surface area contributed by atoms with Crippen LogP contribution < -0.4 is 0 Å². The van der Waals surface area contributed by atoms with Crippen molar-refractivity contribution in [3.8, 4) is 0 Å². The van der Waals surface area contributed by atoms with E-state index in [1.165, 1.54) is 5.54 Å². The largest absolute Gasteiger partial charge is 0.389 e. The molecule has 0 bridgehead atoms. The van der Waals surface area contributed by atoms with Gasteiger partial charge in [0.15, 0.2) is 0 Å². The summed E-state index contributed by atoms with van der Waals surface area (Å²) in [4.78, 5) is 0. The van der Waals surface area contributed by atoms with Crippen molar-refractivity contribution in [1.82, 2.24) is 0 Å². The number of aliphatic hydroxyl groups excluding tert-OH is 1. The highest BCUT2D eigenvalue weighted by atomic mass is 35.5. The summed E-state index contributed by atoms with van der Waals surface area (Å²) in [5, 5.41) is 8.62. The van der Waals surface area contributed by atoms with E-state index >= 15 is 0 Å². The second kappa shape index (κ2) is 4.88. The predicted molar refractivity (Wildman–Crippen MR) is 35.8 cm³/mol. The minimum Gasteiger partial charge on any atom is -0.389 e. The Morgan fingerprint density at radius 3 is 2.50 bits per heavy atom. The SMILES string of the molecule is CC(O)/C=C/C=C/Cl. The lowest BCUT2D eigenvalue weighted by Crippen LogP contribution is -1.90. The molecule has 0 aliphatic rings. The topological polar surface area (TPSA) is 20.2 Å². The highest BCUT2D eigenvalue weighted by molar-refractivity contribution is 6.25. The maximum atomic E-state index is 8.62. The van der Waals surface area contributed by atoms with Gasteiger partial charge in [-0.3, -0.25) is 0 Å². The third-order valence-electron chi connectivity index (χ3n) is 0.573. The predicted octanol–water partition coefficient (Wildman–Crippen LogP) is 1.68. The maximum absolute atomic E-state index is 8.62. The second-order valence-electron chi connectivity index (χ2n) is 1.44. The van der Waals surface area contributed by atoms with Gasteiger partial charge in [-0.05, 0) is 6.92 Å². The lowest BCUT2D eigenvalue weighted by molar-refractivity contribution is 0.244. The molecule has 0 fully saturated rings. The molecule has 1 atom stereocenters. The van der Waals surface area contributed by atoms with E-state index in [1.807, 2.05) is 0 Å². The Bertz CT molecular complexity index is 94.7. The van der Waals surface area contributed by atoms with Gasteiger partial charge in [0, 0.05) is 5.54 Å². The number of hydrogen-bond donors (Lipinski definition) is 1. The van der Waals surface area contributed by atoms with Crippen LogP contribution in [0.15, 0.2) is 23.8 Å². The van der Waals surface area contributed by atoms with Crippen molar-refractivity contribution in [2.45, 2.75) is 13.0 Å². The molecule has 0 aliphatic carbocycles. The van der Waals surface area contributed by atoms with Crippen molar-refractivity contribution >= 4 is 11.6 Å². The fourth-order valence-corrected chi connectivity index (χ4v) is 0.351. The molecule has 0 saturated carbocycles. The Labute approximate surface area is 54.3 Å². The van der Waals surface area contributed by atoms with Crippen molar-refractivity contribution in [3.63, 3.8) is 0 Å². The van der Waals surface area contributed by atoms with Gasteiger partial charge < -0.3 is 5.11 Å². The quantitative estimate of drug-likeness (QED) is 0.567. The minimum absolute atomic E-state index is 0.386. The standard InChI is InChI=1S/C6H9ClO/c1-6(8)4-2-3-5-7/h2-6,8H,1H3/b4-2+,5-3+. The van der Waals surface area contributed by atoms with Crippen LogP contribution in [0.4, 0.5) is 0 Å². The van der Waals surface area contributed by atoms with Crippen LogP contribution >= 0.6 is 11.6 Å². The maximum Gasteiger partial charge on any atom is 0.0695 e. The number of hydrogen-bond acceptors (Lipinski definition) is 1. The first-order chi connectivity index (χ1) is 3.77. The van der Waals surface area contributed by atoms with E-state index < -0.39 is 0 Å². The van der Waals surface area contributed by atoms with Crippen LogP contribution in [0.3, 0.4) is 0 Å². The van der Waals surface area contributed by atoms with Gasteiger partial charge in [-0.2, -0.15) is 0 Å². The van der Waals surface area contributed by atoms with Crippen LogP contribution in [-0.2, 0) is 0 Å². The summed E-state index contributed by atoms with van der Waals surface area (Å²) >= 11 is 5.17. The van der Waals surface area contributed by atoms with E-state index in [1.54, 1.807) is 25.2 Å². The summed E-state index contributed by atoms with van der Waals surface area (Å²) in [5.74, 6) is 0. The molecule has 0 spiro atoms. The van der Waals surface area contributed by atoms with Crippen LogP contribution in [-0.4, -0.2) is 11.2 Å². The normalized spacial score (nSPS) is 15.9. The molecule has 1 N–H and O–H groups in total. The van der Waals surface area contributed by atoms with Crippen LogP contribution in [0.1, 0.15) is 6.92 Å². The van der Waals surface area contributed by atoms with E-state index in [2.05, 4.69) is 0 Å². The van der Waals surface area contributed by atoms with Crippen molar-refractivity contribution in [2.75, 3.05) is 0 Å². The van der Waals surface area contributed by atoms with Crippen LogP contribution in [0.2, 0.25) is 0 Å². The van der Waals surface area contributed by atoms with Gasteiger partial charge in [0.25, 0.3) is 0 Å². The second-order valence-corrected chi connectivity index (χ2v) is 1.70. The average molecular weight is 133 g/mol. The lowest BCUT2D eigenvalue weighted by atomic mass is 10.3. The zero-order valence-electron chi connectivity index (χ0n) is 4.71. The van der Waals surface area contributed by atoms with Crippen molar-refractivity contribution in [2.24, 2.45) is 0 Å². The molecule has 1 nitrogen and oxygen atoms in total. The first-order valence-electron chi connectivity index (χ1n) is 2.39. The van der Waals surface area contributed by atoms with Gasteiger partial charge in [-0.25, -0.2) is 0 Å². The third kappa shape index (κ3) is 5.73. The van der Waals surface area contributed by atoms with Gasteiger partial charge in [0.05, 0.1) is 6.10 Å². The van der Waals surface area contributed by atoms with Crippen LogP contribution in [0.25, 0.3) is 0 Å². The molecule has 2 heteroatoms. The molecule has 0 aromatic heterocycles. The molecule has 0 saturated heterocycles.